The SMILES string of the molecule is CNC(=O)CN1C(=O)N[C@@]2(CCc3ccccc32)C1=O. The molecule has 1 atom stereocenters. The maximum absolute atomic E-state index is 12.6. The lowest BCUT2D eigenvalue weighted by atomic mass is 9.92. The zero-order valence-corrected chi connectivity index (χ0v) is 11.1. The molecule has 4 amide bonds. The molecule has 0 unspecified atom stereocenters. The van der Waals surface area contributed by atoms with Crippen LogP contribution in [0.25, 0.3) is 0 Å². The summed E-state index contributed by atoms with van der Waals surface area (Å²) in [5, 5.41) is 5.19. The van der Waals surface area contributed by atoms with Crippen molar-refractivity contribution in [2.75, 3.05) is 13.6 Å². The summed E-state index contributed by atoms with van der Waals surface area (Å²) in [6, 6.07) is 7.10. The van der Waals surface area contributed by atoms with E-state index in [9.17, 15) is 14.4 Å². The maximum atomic E-state index is 12.6. The number of imide groups is 1. The van der Waals surface area contributed by atoms with E-state index in [0.717, 1.165) is 22.4 Å². The molecule has 6 nitrogen and oxygen atoms in total. The maximum Gasteiger partial charge on any atom is 0.325 e. The molecule has 104 valence electrons. The minimum atomic E-state index is -0.984. The van der Waals surface area contributed by atoms with Crippen molar-refractivity contribution in [3.8, 4) is 0 Å². The summed E-state index contributed by atoms with van der Waals surface area (Å²) in [4.78, 5) is 37.0. The lowest BCUT2D eigenvalue weighted by Gasteiger charge is -2.22. The summed E-state index contributed by atoms with van der Waals surface area (Å²) in [7, 11) is 1.47. The summed E-state index contributed by atoms with van der Waals surface area (Å²) in [5.74, 6) is -0.701. The smallest absolute Gasteiger partial charge is 0.325 e. The van der Waals surface area contributed by atoms with Crippen molar-refractivity contribution in [3.05, 3.63) is 35.4 Å². The van der Waals surface area contributed by atoms with Crippen molar-refractivity contribution in [2.45, 2.75) is 18.4 Å². The molecule has 0 bridgehead atoms. The number of hydrogen-bond donors (Lipinski definition) is 2. The van der Waals surface area contributed by atoms with E-state index in [0.29, 0.717) is 6.42 Å². The number of fused-ring (bicyclic) bond motifs is 2. The van der Waals surface area contributed by atoms with E-state index in [1.165, 1.54) is 7.05 Å². The van der Waals surface area contributed by atoms with Crippen molar-refractivity contribution >= 4 is 17.8 Å². The van der Waals surface area contributed by atoms with Crippen molar-refractivity contribution in [2.24, 2.45) is 0 Å². The predicted molar refractivity (Wildman–Crippen MR) is 70.8 cm³/mol. The number of likely N-dealkylation sites (N-methyl/N-ethyl adjacent to an activating group) is 1. The summed E-state index contributed by atoms with van der Waals surface area (Å²) >= 11 is 0. The molecular formula is C14H15N3O3. The van der Waals surface area contributed by atoms with Crippen LogP contribution in [0.15, 0.2) is 24.3 Å². The Balaban J connectivity index is 1.96. The van der Waals surface area contributed by atoms with E-state index in [4.69, 9.17) is 0 Å². The molecular weight excluding hydrogens is 258 g/mol. The fourth-order valence-electron chi connectivity index (χ4n) is 2.96. The molecule has 1 aromatic rings. The van der Waals surface area contributed by atoms with Crippen LogP contribution < -0.4 is 10.6 Å². The molecule has 1 aliphatic carbocycles. The van der Waals surface area contributed by atoms with Gasteiger partial charge in [0.25, 0.3) is 5.91 Å². The minimum Gasteiger partial charge on any atom is -0.358 e. The molecule has 6 heteroatoms. The Morgan fingerprint density at radius 1 is 1.40 bits per heavy atom. The van der Waals surface area contributed by atoms with Gasteiger partial charge in [0, 0.05) is 7.05 Å². The number of amides is 4. The van der Waals surface area contributed by atoms with Crippen LogP contribution in [-0.4, -0.2) is 36.3 Å². The third-order valence-corrected chi connectivity index (χ3v) is 4.00. The Morgan fingerprint density at radius 3 is 2.90 bits per heavy atom. The van der Waals surface area contributed by atoms with E-state index in [-0.39, 0.29) is 18.4 Å². The van der Waals surface area contributed by atoms with Crippen LogP contribution in [-0.2, 0) is 21.5 Å². The second-order valence-electron chi connectivity index (χ2n) is 5.06. The quantitative estimate of drug-likeness (QED) is 0.752. The standard InChI is InChI=1S/C14H15N3O3/c1-15-11(18)8-17-12(19)14(16-13(17)20)7-6-9-4-2-3-5-10(9)14/h2-5H,6-8H2,1H3,(H,15,18)(H,16,20)/t14-/m1/s1. The molecule has 2 aliphatic rings. The van der Waals surface area contributed by atoms with Gasteiger partial charge in [-0.2, -0.15) is 0 Å². The van der Waals surface area contributed by atoms with Gasteiger partial charge in [-0.1, -0.05) is 24.3 Å². The molecule has 1 fully saturated rings. The topological polar surface area (TPSA) is 78.5 Å². The number of nitrogens with zero attached hydrogens (tertiary/aromatic N) is 1. The van der Waals surface area contributed by atoms with Gasteiger partial charge in [-0.15, -0.1) is 0 Å². The molecule has 2 N–H and O–H groups in total. The van der Waals surface area contributed by atoms with Crippen LogP contribution in [0.4, 0.5) is 4.79 Å². The van der Waals surface area contributed by atoms with E-state index in [1.54, 1.807) is 0 Å². The number of nitrogens with one attached hydrogen (secondary N) is 2. The van der Waals surface area contributed by atoms with Gasteiger partial charge in [0.05, 0.1) is 0 Å². The average molecular weight is 273 g/mol. The second kappa shape index (κ2) is 4.33. The van der Waals surface area contributed by atoms with Crippen LogP contribution in [0.2, 0.25) is 0 Å². The van der Waals surface area contributed by atoms with Gasteiger partial charge < -0.3 is 10.6 Å². The van der Waals surface area contributed by atoms with Gasteiger partial charge in [-0.3, -0.25) is 14.5 Å². The Hall–Kier alpha value is -2.37. The average Bonchev–Trinajstić information content (AvgIpc) is 2.94. The van der Waals surface area contributed by atoms with Gasteiger partial charge in [-0.05, 0) is 24.0 Å². The van der Waals surface area contributed by atoms with Crippen LogP contribution in [0, 0.1) is 0 Å². The number of rotatable bonds is 2. The molecule has 0 radical (unpaired) electrons. The highest BCUT2D eigenvalue weighted by Crippen LogP contribution is 2.41. The van der Waals surface area contributed by atoms with Crippen LogP contribution in [0.5, 0.6) is 0 Å². The van der Waals surface area contributed by atoms with Gasteiger partial charge in [0.2, 0.25) is 5.91 Å². The molecule has 3 rings (SSSR count). The lowest BCUT2D eigenvalue weighted by molar-refractivity contribution is -0.135. The van der Waals surface area contributed by atoms with Gasteiger partial charge in [-0.25, -0.2) is 4.79 Å². The summed E-state index contributed by atoms with van der Waals surface area (Å²) < 4.78 is 0. The molecule has 20 heavy (non-hydrogen) atoms. The van der Waals surface area contributed by atoms with Gasteiger partial charge >= 0.3 is 6.03 Å². The van der Waals surface area contributed by atoms with Crippen LogP contribution >= 0.6 is 0 Å². The first kappa shape index (κ1) is 12.7. The molecule has 1 aliphatic heterocycles. The molecule has 0 saturated carbocycles. The van der Waals surface area contributed by atoms with E-state index in [1.807, 2.05) is 24.3 Å². The number of carbonyl (C=O) groups excluding carboxylic acids is 3. The summed E-state index contributed by atoms with van der Waals surface area (Å²) in [5.41, 5.74) is 0.933. The van der Waals surface area contributed by atoms with Gasteiger partial charge in [0.15, 0.2) is 0 Å². The van der Waals surface area contributed by atoms with E-state index in [2.05, 4.69) is 10.6 Å². The number of benzene rings is 1. The van der Waals surface area contributed by atoms with Crippen LogP contribution in [0.1, 0.15) is 17.5 Å². The number of aryl methyl sites for hydroxylation is 1. The first-order valence-electron chi connectivity index (χ1n) is 6.51. The fourth-order valence-corrected chi connectivity index (χ4v) is 2.96. The zero-order valence-electron chi connectivity index (χ0n) is 11.1. The third kappa shape index (κ3) is 1.61. The van der Waals surface area contributed by atoms with Crippen LogP contribution in [0.3, 0.4) is 0 Å². The Kier molecular flexibility index (Phi) is 2.74. The normalized spacial score (nSPS) is 23.9. The van der Waals surface area contributed by atoms with E-state index < -0.39 is 11.6 Å². The Labute approximate surface area is 116 Å². The zero-order chi connectivity index (χ0) is 14.3. The third-order valence-electron chi connectivity index (χ3n) is 4.00. The summed E-state index contributed by atoms with van der Waals surface area (Å²) in [6.07, 6.45) is 1.29. The molecule has 1 heterocycles. The molecule has 1 aromatic carbocycles. The van der Waals surface area contributed by atoms with Crippen molar-refractivity contribution in [3.63, 3.8) is 0 Å². The van der Waals surface area contributed by atoms with E-state index >= 15 is 0 Å². The second-order valence-corrected chi connectivity index (χ2v) is 5.06. The van der Waals surface area contributed by atoms with Gasteiger partial charge in [0.1, 0.15) is 12.1 Å². The van der Waals surface area contributed by atoms with Crippen molar-refractivity contribution in [1.29, 1.82) is 0 Å². The van der Waals surface area contributed by atoms with Crippen molar-refractivity contribution in [1.82, 2.24) is 15.5 Å². The number of urea groups is 1. The highest BCUT2D eigenvalue weighted by atomic mass is 16.2. The predicted octanol–water partition coefficient (Wildman–Crippen LogP) is 0.126. The minimum absolute atomic E-state index is 0.245. The van der Waals surface area contributed by atoms with Crippen molar-refractivity contribution < 1.29 is 14.4 Å². The highest BCUT2D eigenvalue weighted by molar-refractivity contribution is 6.09. The Bertz CT molecular complexity index is 613. The molecule has 1 spiro atoms. The monoisotopic (exact) mass is 273 g/mol. The highest BCUT2D eigenvalue weighted by Gasteiger charge is 2.55. The number of hydrogen-bond acceptors (Lipinski definition) is 3. The largest absolute Gasteiger partial charge is 0.358 e. The molecule has 1 saturated heterocycles. The fraction of sp³-hybridized carbons (Fsp3) is 0.357. The first-order valence-corrected chi connectivity index (χ1v) is 6.51. The Morgan fingerprint density at radius 2 is 2.15 bits per heavy atom. The first-order chi connectivity index (χ1) is 9.58. The summed E-state index contributed by atoms with van der Waals surface area (Å²) in [6.45, 7) is -0.245. The lowest BCUT2D eigenvalue weighted by Crippen LogP contribution is -2.43. The molecule has 0 aromatic heterocycles. The number of carbonyl (C=O) groups is 3.